The molecular formula is C12H14N2O4S. The number of carboxylic acid groups (broad SMARTS) is 1. The summed E-state index contributed by atoms with van der Waals surface area (Å²) in [5, 5.41) is 8.51. The van der Waals surface area contributed by atoms with Gasteiger partial charge >= 0.3 is 5.97 Å². The summed E-state index contributed by atoms with van der Waals surface area (Å²) in [6, 6.07) is 3.24. The van der Waals surface area contributed by atoms with Gasteiger partial charge in [-0.15, -0.1) is 11.3 Å². The lowest BCUT2D eigenvalue weighted by molar-refractivity contribution is -0.131. The van der Waals surface area contributed by atoms with Crippen LogP contribution >= 0.6 is 11.3 Å². The van der Waals surface area contributed by atoms with Crippen LogP contribution in [0.5, 0.6) is 0 Å². The Kier molecular flexibility index (Phi) is 5.25. The molecule has 0 radical (unpaired) electrons. The standard InChI is InChI=1S/C12H14N2O4S/c1-2-14(7-10(13)15)12(18)9-5-3-8(19-9)4-6-11(16)17/h3-6H,2,7H2,1H3,(H2,13,15)(H,16,17)/b6-4+. The first-order chi connectivity index (χ1) is 8.93. The quantitative estimate of drug-likeness (QED) is 0.753. The molecule has 0 aliphatic heterocycles. The summed E-state index contributed by atoms with van der Waals surface area (Å²) in [7, 11) is 0. The van der Waals surface area contributed by atoms with Gasteiger partial charge in [0.05, 0.1) is 11.4 Å². The summed E-state index contributed by atoms with van der Waals surface area (Å²) in [6.45, 7) is 1.99. The molecule has 1 aromatic heterocycles. The number of nitrogens with zero attached hydrogens (tertiary/aromatic N) is 1. The lowest BCUT2D eigenvalue weighted by atomic mass is 10.3. The highest BCUT2D eigenvalue weighted by molar-refractivity contribution is 7.14. The molecule has 0 saturated carbocycles. The fourth-order valence-electron chi connectivity index (χ4n) is 1.38. The van der Waals surface area contributed by atoms with Crippen molar-refractivity contribution in [2.45, 2.75) is 6.92 Å². The Bertz CT molecular complexity index is 522. The number of thiophene rings is 1. The lowest BCUT2D eigenvalue weighted by Gasteiger charge is -2.17. The van der Waals surface area contributed by atoms with E-state index in [2.05, 4.69) is 0 Å². The summed E-state index contributed by atoms with van der Waals surface area (Å²) in [5.41, 5.74) is 5.07. The highest BCUT2D eigenvalue weighted by Gasteiger charge is 2.17. The first-order valence-electron chi connectivity index (χ1n) is 5.52. The van der Waals surface area contributed by atoms with Crippen molar-refractivity contribution in [1.82, 2.24) is 4.90 Å². The third kappa shape index (κ3) is 4.55. The van der Waals surface area contributed by atoms with Crippen LogP contribution in [0.3, 0.4) is 0 Å². The van der Waals surface area contributed by atoms with Crippen LogP contribution in [0, 0.1) is 0 Å². The molecular weight excluding hydrogens is 268 g/mol. The Hall–Kier alpha value is -2.15. The minimum Gasteiger partial charge on any atom is -0.478 e. The van der Waals surface area contributed by atoms with E-state index in [1.165, 1.54) is 11.0 Å². The van der Waals surface area contributed by atoms with Crippen molar-refractivity contribution in [3.05, 3.63) is 28.0 Å². The van der Waals surface area contributed by atoms with Gasteiger partial charge in [-0.3, -0.25) is 9.59 Å². The van der Waals surface area contributed by atoms with E-state index in [1.54, 1.807) is 19.1 Å². The van der Waals surface area contributed by atoms with Crippen molar-refractivity contribution in [3.63, 3.8) is 0 Å². The van der Waals surface area contributed by atoms with Gasteiger partial charge in [0.2, 0.25) is 5.91 Å². The number of nitrogens with two attached hydrogens (primary N) is 1. The fraction of sp³-hybridized carbons (Fsp3) is 0.250. The summed E-state index contributed by atoms with van der Waals surface area (Å²) in [5.74, 6) is -1.91. The second-order valence-electron chi connectivity index (χ2n) is 3.66. The molecule has 19 heavy (non-hydrogen) atoms. The van der Waals surface area contributed by atoms with Crippen LogP contribution in [0.1, 0.15) is 21.5 Å². The smallest absolute Gasteiger partial charge is 0.328 e. The Morgan fingerprint density at radius 3 is 2.63 bits per heavy atom. The Morgan fingerprint density at radius 1 is 1.42 bits per heavy atom. The Labute approximate surface area is 114 Å². The summed E-state index contributed by atoms with van der Waals surface area (Å²) in [6.07, 6.45) is 2.41. The number of hydrogen-bond acceptors (Lipinski definition) is 4. The average molecular weight is 282 g/mol. The Morgan fingerprint density at radius 2 is 2.11 bits per heavy atom. The molecule has 0 bridgehead atoms. The van der Waals surface area contributed by atoms with E-state index in [0.29, 0.717) is 16.3 Å². The van der Waals surface area contributed by atoms with Gasteiger partial charge < -0.3 is 15.7 Å². The zero-order valence-electron chi connectivity index (χ0n) is 10.3. The number of amides is 2. The minimum atomic E-state index is -1.05. The number of likely N-dealkylation sites (N-methyl/N-ethyl adjacent to an activating group) is 1. The van der Waals surface area contributed by atoms with Crippen molar-refractivity contribution in [2.24, 2.45) is 5.73 Å². The second kappa shape index (κ2) is 6.69. The van der Waals surface area contributed by atoms with E-state index in [4.69, 9.17) is 10.8 Å². The largest absolute Gasteiger partial charge is 0.478 e. The first kappa shape index (κ1) is 14.9. The zero-order valence-corrected chi connectivity index (χ0v) is 11.1. The molecule has 1 rings (SSSR count). The molecule has 0 saturated heterocycles. The van der Waals surface area contributed by atoms with Gasteiger partial charge in [-0.2, -0.15) is 0 Å². The Balaban J connectivity index is 2.82. The molecule has 2 amide bonds. The number of primary amides is 1. The maximum absolute atomic E-state index is 12.1. The van der Waals surface area contributed by atoms with Crippen LogP contribution in [0.2, 0.25) is 0 Å². The number of carbonyl (C=O) groups excluding carboxylic acids is 2. The fourth-order valence-corrected chi connectivity index (χ4v) is 2.26. The zero-order chi connectivity index (χ0) is 14.4. The maximum atomic E-state index is 12.1. The van der Waals surface area contributed by atoms with Gasteiger partial charge in [0.1, 0.15) is 0 Å². The average Bonchev–Trinajstić information content (AvgIpc) is 2.81. The summed E-state index contributed by atoms with van der Waals surface area (Å²) >= 11 is 1.16. The van der Waals surface area contributed by atoms with E-state index < -0.39 is 11.9 Å². The van der Waals surface area contributed by atoms with Crippen LogP contribution in [0.25, 0.3) is 6.08 Å². The van der Waals surface area contributed by atoms with E-state index in [-0.39, 0.29) is 12.5 Å². The highest BCUT2D eigenvalue weighted by Crippen LogP contribution is 2.19. The van der Waals surface area contributed by atoms with Crippen LogP contribution in [-0.4, -0.2) is 40.9 Å². The number of hydrogen-bond donors (Lipinski definition) is 2. The van der Waals surface area contributed by atoms with E-state index >= 15 is 0 Å². The van der Waals surface area contributed by atoms with Gasteiger partial charge in [0.25, 0.3) is 5.91 Å². The topological polar surface area (TPSA) is 101 Å². The van der Waals surface area contributed by atoms with Gasteiger partial charge in [0, 0.05) is 17.5 Å². The molecule has 7 heteroatoms. The molecule has 102 valence electrons. The molecule has 1 heterocycles. The van der Waals surface area contributed by atoms with Gasteiger partial charge in [-0.25, -0.2) is 4.79 Å². The summed E-state index contributed by atoms with van der Waals surface area (Å²) < 4.78 is 0. The minimum absolute atomic E-state index is 0.131. The van der Waals surface area contributed by atoms with Crippen LogP contribution < -0.4 is 5.73 Å². The SMILES string of the molecule is CCN(CC(N)=O)C(=O)c1ccc(/C=C/C(=O)O)s1. The van der Waals surface area contributed by atoms with Crippen molar-refractivity contribution in [3.8, 4) is 0 Å². The molecule has 0 aliphatic rings. The highest BCUT2D eigenvalue weighted by atomic mass is 32.1. The van der Waals surface area contributed by atoms with E-state index in [0.717, 1.165) is 17.4 Å². The van der Waals surface area contributed by atoms with Crippen LogP contribution in [0.15, 0.2) is 18.2 Å². The predicted molar refractivity (Wildman–Crippen MR) is 71.8 cm³/mol. The first-order valence-corrected chi connectivity index (χ1v) is 6.34. The molecule has 0 spiro atoms. The van der Waals surface area contributed by atoms with Crippen LogP contribution in [0.4, 0.5) is 0 Å². The van der Waals surface area contributed by atoms with Gasteiger partial charge in [0.15, 0.2) is 0 Å². The molecule has 0 unspecified atom stereocenters. The third-order valence-electron chi connectivity index (χ3n) is 2.24. The molecule has 1 aromatic rings. The molecule has 6 nitrogen and oxygen atoms in total. The van der Waals surface area contributed by atoms with E-state index in [1.807, 2.05) is 0 Å². The number of carbonyl (C=O) groups is 3. The monoisotopic (exact) mass is 282 g/mol. The maximum Gasteiger partial charge on any atom is 0.328 e. The molecule has 0 atom stereocenters. The molecule has 0 aromatic carbocycles. The normalized spacial score (nSPS) is 10.6. The number of aliphatic carboxylic acids is 1. The van der Waals surface area contributed by atoms with Gasteiger partial charge in [-0.05, 0) is 25.1 Å². The van der Waals surface area contributed by atoms with Crippen molar-refractivity contribution >= 4 is 35.2 Å². The third-order valence-corrected chi connectivity index (χ3v) is 3.28. The molecule has 3 N–H and O–H groups in total. The molecule has 0 fully saturated rings. The second-order valence-corrected chi connectivity index (χ2v) is 4.77. The van der Waals surface area contributed by atoms with Gasteiger partial charge in [-0.1, -0.05) is 0 Å². The van der Waals surface area contributed by atoms with Crippen LogP contribution in [-0.2, 0) is 9.59 Å². The number of carboxylic acids is 1. The number of rotatable bonds is 6. The van der Waals surface area contributed by atoms with Crippen molar-refractivity contribution < 1.29 is 19.5 Å². The molecule has 0 aliphatic carbocycles. The van der Waals surface area contributed by atoms with Crippen molar-refractivity contribution in [1.29, 1.82) is 0 Å². The van der Waals surface area contributed by atoms with Crippen molar-refractivity contribution in [2.75, 3.05) is 13.1 Å². The lowest BCUT2D eigenvalue weighted by Crippen LogP contribution is -2.37. The predicted octanol–water partition coefficient (Wildman–Crippen LogP) is 0.793. The van der Waals surface area contributed by atoms with E-state index in [9.17, 15) is 14.4 Å². The summed E-state index contributed by atoms with van der Waals surface area (Å²) in [4.78, 5) is 35.7.